The summed E-state index contributed by atoms with van der Waals surface area (Å²) in [4.78, 5) is 43.2. The van der Waals surface area contributed by atoms with E-state index in [4.69, 9.17) is 4.42 Å². The van der Waals surface area contributed by atoms with Gasteiger partial charge in [0.1, 0.15) is 18.1 Å². The molecule has 3 amide bonds. The van der Waals surface area contributed by atoms with E-state index in [0.29, 0.717) is 11.1 Å². The van der Waals surface area contributed by atoms with E-state index < -0.39 is 17.7 Å². The van der Waals surface area contributed by atoms with Crippen LogP contribution in [0.15, 0.2) is 71.3 Å². The molecule has 0 bridgehead atoms. The van der Waals surface area contributed by atoms with Gasteiger partial charge in [0.05, 0.1) is 23.4 Å². The van der Waals surface area contributed by atoms with Crippen molar-refractivity contribution in [1.82, 2.24) is 15.1 Å². The molecule has 9 heteroatoms. The summed E-state index contributed by atoms with van der Waals surface area (Å²) in [5.41, 5.74) is 1.60. The zero-order valence-corrected chi connectivity index (χ0v) is 19.0. The first-order valence-corrected chi connectivity index (χ1v) is 11.5. The number of carbonyl (C=O) groups is 3. The summed E-state index contributed by atoms with van der Waals surface area (Å²) in [6, 6.07) is 16.5. The first kappa shape index (κ1) is 22.8. The SMILES string of the molecule is O=C(CN1C(=O)c2ccccc2C1=O)NCC(c1ccco1)N1CCN(c2ccc(F)cc2)CC1. The van der Waals surface area contributed by atoms with Crippen molar-refractivity contribution in [2.45, 2.75) is 6.04 Å². The van der Waals surface area contributed by atoms with Crippen molar-refractivity contribution in [3.63, 3.8) is 0 Å². The second kappa shape index (κ2) is 9.71. The number of benzene rings is 2. The van der Waals surface area contributed by atoms with Crippen LogP contribution in [0.5, 0.6) is 0 Å². The van der Waals surface area contributed by atoms with Gasteiger partial charge in [0, 0.05) is 38.4 Å². The van der Waals surface area contributed by atoms with Crippen molar-refractivity contribution in [3.05, 3.63) is 89.6 Å². The molecule has 5 rings (SSSR count). The molecule has 1 unspecified atom stereocenters. The van der Waals surface area contributed by atoms with E-state index in [-0.39, 0.29) is 24.9 Å². The van der Waals surface area contributed by atoms with Gasteiger partial charge in [-0.25, -0.2) is 4.39 Å². The number of furan rings is 1. The van der Waals surface area contributed by atoms with Crippen molar-refractivity contribution in [3.8, 4) is 0 Å². The highest BCUT2D eigenvalue weighted by Crippen LogP contribution is 2.25. The highest BCUT2D eigenvalue weighted by Gasteiger charge is 2.36. The first-order valence-electron chi connectivity index (χ1n) is 11.5. The fourth-order valence-electron chi connectivity index (χ4n) is 4.63. The Morgan fingerprint density at radius 1 is 0.914 bits per heavy atom. The fourth-order valence-corrected chi connectivity index (χ4v) is 4.63. The molecule has 0 radical (unpaired) electrons. The lowest BCUT2D eigenvalue weighted by Gasteiger charge is -2.39. The summed E-state index contributed by atoms with van der Waals surface area (Å²) in [6.45, 7) is 2.85. The molecule has 35 heavy (non-hydrogen) atoms. The van der Waals surface area contributed by atoms with Gasteiger partial charge in [0.25, 0.3) is 11.8 Å². The third kappa shape index (κ3) is 4.67. The molecule has 1 N–H and O–H groups in total. The van der Waals surface area contributed by atoms with Gasteiger partial charge in [-0.15, -0.1) is 0 Å². The van der Waals surface area contributed by atoms with Crippen LogP contribution in [0.2, 0.25) is 0 Å². The maximum absolute atomic E-state index is 13.3. The third-order valence-electron chi connectivity index (χ3n) is 6.49. The van der Waals surface area contributed by atoms with E-state index in [1.165, 1.54) is 12.1 Å². The van der Waals surface area contributed by atoms with Gasteiger partial charge in [-0.3, -0.25) is 24.2 Å². The average molecular weight is 477 g/mol. The minimum Gasteiger partial charge on any atom is -0.468 e. The lowest BCUT2D eigenvalue weighted by Crippen LogP contribution is -2.50. The number of carbonyl (C=O) groups excluding carboxylic acids is 3. The van der Waals surface area contributed by atoms with Crippen molar-refractivity contribution in [2.75, 3.05) is 44.2 Å². The van der Waals surface area contributed by atoms with Crippen LogP contribution in [0.1, 0.15) is 32.5 Å². The van der Waals surface area contributed by atoms with Crippen LogP contribution in [0.25, 0.3) is 0 Å². The van der Waals surface area contributed by atoms with Crippen LogP contribution < -0.4 is 10.2 Å². The normalized spacial score (nSPS) is 16.9. The Hall–Kier alpha value is -3.98. The summed E-state index contributed by atoms with van der Waals surface area (Å²) < 4.78 is 18.9. The number of anilines is 1. The smallest absolute Gasteiger partial charge is 0.262 e. The van der Waals surface area contributed by atoms with Gasteiger partial charge in [0.2, 0.25) is 5.91 Å². The number of rotatable bonds is 7. The van der Waals surface area contributed by atoms with E-state index in [2.05, 4.69) is 15.1 Å². The summed E-state index contributed by atoms with van der Waals surface area (Å²) in [5.74, 6) is -0.870. The fraction of sp³-hybridized carbons (Fsp3) is 0.269. The predicted molar refractivity (Wildman–Crippen MR) is 126 cm³/mol. The molecule has 2 aliphatic rings. The predicted octanol–water partition coefficient (Wildman–Crippen LogP) is 2.69. The van der Waals surface area contributed by atoms with E-state index in [0.717, 1.165) is 42.5 Å². The Bertz CT molecular complexity index is 1190. The number of amides is 3. The Balaban J connectivity index is 1.20. The topological polar surface area (TPSA) is 86.1 Å². The molecule has 0 aliphatic carbocycles. The van der Waals surface area contributed by atoms with Crippen molar-refractivity contribution < 1.29 is 23.2 Å². The van der Waals surface area contributed by atoms with Crippen LogP contribution in [0.3, 0.4) is 0 Å². The molecule has 8 nitrogen and oxygen atoms in total. The summed E-state index contributed by atoms with van der Waals surface area (Å²) >= 11 is 0. The van der Waals surface area contributed by atoms with Crippen molar-refractivity contribution >= 4 is 23.4 Å². The van der Waals surface area contributed by atoms with Gasteiger partial charge in [0.15, 0.2) is 0 Å². The van der Waals surface area contributed by atoms with Crippen LogP contribution in [-0.2, 0) is 4.79 Å². The minimum absolute atomic E-state index is 0.202. The number of imide groups is 1. The van der Waals surface area contributed by atoms with Gasteiger partial charge in [-0.1, -0.05) is 12.1 Å². The van der Waals surface area contributed by atoms with Crippen LogP contribution in [0.4, 0.5) is 10.1 Å². The molecule has 1 saturated heterocycles. The first-order chi connectivity index (χ1) is 17.0. The molecule has 1 aromatic heterocycles. The maximum atomic E-state index is 13.3. The Kier molecular flexibility index (Phi) is 6.33. The summed E-state index contributed by atoms with van der Waals surface area (Å²) in [5, 5.41) is 2.87. The molecule has 2 aromatic carbocycles. The molecular formula is C26H25FN4O4. The van der Waals surface area contributed by atoms with E-state index >= 15 is 0 Å². The maximum Gasteiger partial charge on any atom is 0.262 e. The Labute approximate surface area is 201 Å². The van der Waals surface area contributed by atoms with Crippen LogP contribution in [-0.4, -0.2) is 66.8 Å². The average Bonchev–Trinajstić information content (AvgIpc) is 3.49. The van der Waals surface area contributed by atoms with Crippen LogP contribution in [0, 0.1) is 5.82 Å². The molecule has 2 aliphatic heterocycles. The van der Waals surface area contributed by atoms with Crippen molar-refractivity contribution in [2.24, 2.45) is 0 Å². The van der Waals surface area contributed by atoms with Crippen molar-refractivity contribution in [1.29, 1.82) is 0 Å². The molecule has 0 saturated carbocycles. The van der Waals surface area contributed by atoms with Gasteiger partial charge in [-0.05, 0) is 48.5 Å². The van der Waals surface area contributed by atoms with Gasteiger partial charge in [-0.2, -0.15) is 0 Å². The molecule has 1 atom stereocenters. The molecule has 1 fully saturated rings. The quantitative estimate of drug-likeness (QED) is 0.528. The minimum atomic E-state index is -0.458. The van der Waals surface area contributed by atoms with Crippen LogP contribution >= 0.6 is 0 Å². The zero-order chi connectivity index (χ0) is 24.4. The number of nitrogens with one attached hydrogen (secondary N) is 1. The number of halogens is 1. The summed E-state index contributed by atoms with van der Waals surface area (Å²) in [6.07, 6.45) is 1.59. The molecule has 3 aromatic rings. The number of fused-ring (bicyclic) bond motifs is 1. The second-order valence-electron chi connectivity index (χ2n) is 8.58. The Morgan fingerprint density at radius 2 is 1.57 bits per heavy atom. The number of hydrogen-bond donors (Lipinski definition) is 1. The highest BCUT2D eigenvalue weighted by molar-refractivity contribution is 6.22. The molecule has 0 spiro atoms. The highest BCUT2D eigenvalue weighted by atomic mass is 19.1. The largest absolute Gasteiger partial charge is 0.468 e. The zero-order valence-electron chi connectivity index (χ0n) is 19.0. The lowest BCUT2D eigenvalue weighted by atomic mass is 10.1. The number of hydrogen-bond acceptors (Lipinski definition) is 6. The second-order valence-corrected chi connectivity index (χ2v) is 8.58. The number of piperazine rings is 1. The summed E-state index contributed by atoms with van der Waals surface area (Å²) in [7, 11) is 0. The lowest BCUT2D eigenvalue weighted by molar-refractivity contribution is -0.121. The van der Waals surface area contributed by atoms with E-state index in [9.17, 15) is 18.8 Å². The third-order valence-corrected chi connectivity index (χ3v) is 6.49. The standard InChI is InChI=1S/C26H25FN4O4/c27-18-7-9-19(10-8-18)29-11-13-30(14-12-29)22(23-6-3-15-35-23)16-28-24(32)17-31-25(33)20-4-1-2-5-21(20)26(31)34/h1-10,15,22H,11-14,16-17H2,(H,28,32). The number of nitrogens with zero attached hydrogens (tertiary/aromatic N) is 3. The monoisotopic (exact) mass is 476 g/mol. The molecular weight excluding hydrogens is 451 g/mol. The van der Waals surface area contributed by atoms with E-state index in [1.54, 1.807) is 48.7 Å². The van der Waals surface area contributed by atoms with E-state index in [1.807, 2.05) is 6.07 Å². The van der Waals surface area contributed by atoms with Gasteiger partial charge >= 0.3 is 0 Å². The Morgan fingerprint density at radius 3 is 2.17 bits per heavy atom. The van der Waals surface area contributed by atoms with Gasteiger partial charge < -0.3 is 14.6 Å². The molecule has 3 heterocycles. The molecule has 180 valence electrons.